The largest absolute Gasteiger partial charge is 0.304 e. The molecule has 0 saturated carbocycles. The number of sulfonamides is 1. The average molecular weight is 360 g/mol. The lowest BCUT2D eigenvalue weighted by Gasteiger charge is -2.33. The Morgan fingerprint density at radius 3 is 2.57 bits per heavy atom. The van der Waals surface area contributed by atoms with Gasteiger partial charge in [-0.3, -0.25) is 0 Å². The summed E-state index contributed by atoms with van der Waals surface area (Å²) in [5.74, 6) is 0.257. The maximum Gasteiger partial charge on any atom is 0.240 e. The van der Waals surface area contributed by atoms with Gasteiger partial charge in [0.15, 0.2) is 0 Å². The molecule has 1 unspecified atom stereocenters. The Balaban J connectivity index is 1.90. The van der Waals surface area contributed by atoms with Crippen molar-refractivity contribution in [2.45, 2.75) is 18.7 Å². The minimum Gasteiger partial charge on any atom is -0.304 e. The maximum atomic E-state index is 12.5. The van der Waals surface area contributed by atoms with Gasteiger partial charge in [-0.05, 0) is 37.6 Å². The number of benzene rings is 1. The zero-order chi connectivity index (χ0) is 17.0. The Morgan fingerprint density at radius 1 is 1.26 bits per heavy atom. The van der Waals surface area contributed by atoms with Crippen molar-refractivity contribution in [2.24, 2.45) is 5.92 Å². The van der Waals surface area contributed by atoms with Crippen LogP contribution in [0.4, 0.5) is 0 Å². The summed E-state index contributed by atoms with van der Waals surface area (Å²) >= 11 is 5.92. The number of hydrogen-bond acceptors (Lipinski definition) is 4. The van der Waals surface area contributed by atoms with E-state index in [4.69, 9.17) is 11.6 Å². The van der Waals surface area contributed by atoms with Gasteiger partial charge in [0, 0.05) is 44.3 Å². The molecule has 130 valence electrons. The van der Waals surface area contributed by atoms with Crippen molar-refractivity contribution < 1.29 is 8.42 Å². The number of rotatable bonds is 6. The molecule has 1 aromatic carbocycles. The summed E-state index contributed by atoms with van der Waals surface area (Å²) in [6.07, 6.45) is 0. The molecule has 0 bridgehead atoms. The number of halogens is 1. The van der Waals surface area contributed by atoms with Crippen molar-refractivity contribution >= 4 is 21.6 Å². The van der Waals surface area contributed by atoms with E-state index >= 15 is 0 Å². The topological polar surface area (TPSA) is 52.7 Å². The first-order valence-corrected chi connectivity index (χ1v) is 9.81. The molecule has 1 aliphatic rings. The molecule has 1 N–H and O–H groups in total. The number of hydrogen-bond donors (Lipinski definition) is 1. The van der Waals surface area contributed by atoms with E-state index in [0.717, 1.165) is 32.7 Å². The fourth-order valence-corrected chi connectivity index (χ4v) is 4.40. The molecule has 1 heterocycles. The van der Waals surface area contributed by atoms with Gasteiger partial charge in [0.1, 0.15) is 0 Å². The summed E-state index contributed by atoms with van der Waals surface area (Å²) in [4.78, 5) is 4.96. The summed E-state index contributed by atoms with van der Waals surface area (Å²) in [7, 11) is -1.39. The van der Waals surface area contributed by atoms with Crippen LogP contribution in [0.2, 0.25) is 5.02 Å². The predicted molar refractivity (Wildman–Crippen MR) is 94.5 cm³/mol. The maximum absolute atomic E-state index is 12.5. The molecule has 1 aromatic rings. The lowest BCUT2D eigenvalue weighted by Crippen LogP contribution is -2.46. The minimum absolute atomic E-state index is 0.257. The van der Waals surface area contributed by atoms with Gasteiger partial charge >= 0.3 is 0 Å². The standard InChI is InChI=1S/C16H26ClN3O2S/c1-13(12-20-8-6-19(3)7-9-20)11-18-23(21,22)16-10-15(17)5-4-14(16)2/h4-5,10,13,18H,6-9,11-12H2,1-3H3. The van der Waals surface area contributed by atoms with Gasteiger partial charge in [-0.25, -0.2) is 13.1 Å². The number of nitrogens with zero attached hydrogens (tertiary/aromatic N) is 2. The first kappa shape index (κ1) is 18.7. The summed E-state index contributed by atoms with van der Waals surface area (Å²) in [5.41, 5.74) is 0.702. The van der Waals surface area contributed by atoms with Gasteiger partial charge in [-0.1, -0.05) is 24.6 Å². The fraction of sp³-hybridized carbons (Fsp3) is 0.625. The molecular weight excluding hydrogens is 334 g/mol. The van der Waals surface area contributed by atoms with Gasteiger partial charge in [-0.2, -0.15) is 0 Å². The highest BCUT2D eigenvalue weighted by Gasteiger charge is 2.20. The predicted octanol–water partition coefficient (Wildman–Crippen LogP) is 1.81. The first-order chi connectivity index (χ1) is 10.8. The molecule has 0 spiro atoms. The number of nitrogens with one attached hydrogen (secondary N) is 1. The second-order valence-corrected chi connectivity index (χ2v) is 8.64. The summed E-state index contributed by atoms with van der Waals surface area (Å²) < 4.78 is 27.6. The van der Waals surface area contributed by atoms with E-state index in [1.54, 1.807) is 19.1 Å². The molecule has 7 heteroatoms. The van der Waals surface area contributed by atoms with Crippen molar-refractivity contribution in [1.82, 2.24) is 14.5 Å². The monoisotopic (exact) mass is 359 g/mol. The third-order valence-corrected chi connectivity index (χ3v) is 6.03. The molecular formula is C16H26ClN3O2S. The third kappa shape index (κ3) is 5.43. The second-order valence-electron chi connectivity index (χ2n) is 6.47. The lowest BCUT2D eigenvalue weighted by atomic mass is 10.1. The van der Waals surface area contributed by atoms with Crippen LogP contribution in [-0.2, 0) is 10.0 Å². The zero-order valence-corrected chi connectivity index (χ0v) is 15.6. The van der Waals surface area contributed by atoms with Crippen LogP contribution in [0.15, 0.2) is 23.1 Å². The highest BCUT2D eigenvalue weighted by atomic mass is 35.5. The van der Waals surface area contributed by atoms with E-state index < -0.39 is 10.0 Å². The van der Waals surface area contributed by atoms with Crippen LogP contribution in [0.1, 0.15) is 12.5 Å². The molecule has 0 aromatic heterocycles. The van der Waals surface area contributed by atoms with Crippen LogP contribution in [-0.4, -0.2) is 64.5 Å². The van der Waals surface area contributed by atoms with E-state index in [1.165, 1.54) is 6.07 Å². The van der Waals surface area contributed by atoms with Gasteiger partial charge in [-0.15, -0.1) is 0 Å². The van der Waals surface area contributed by atoms with E-state index in [1.807, 2.05) is 0 Å². The van der Waals surface area contributed by atoms with E-state index in [-0.39, 0.29) is 10.8 Å². The van der Waals surface area contributed by atoms with Crippen LogP contribution in [0.3, 0.4) is 0 Å². The van der Waals surface area contributed by atoms with Crippen molar-refractivity contribution in [1.29, 1.82) is 0 Å². The van der Waals surface area contributed by atoms with Crippen LogP contribution < -0.4 is 4.72 Å². The summed E-state index contributed by atoms with van der Waals surface area (Å²) in [6, 6.07) is 4.93. The Kier molecular flexibility index (Phi) is 6.45. The minimum atomic E-state index is -3.52. The third-order valence-electron chi connectivity index (χ3n) is 4.23. The van der Waals surface area contributed by atoms with Crippen LogP contribution in [0.25, 0.3) is 0 Å². The van der Waals surface area contributed by atoms with E-state index in [9.17, 15) is 8.42 Å². The van der Waals surface area contributed by atoms with Crippen LogP contribution in [0.5, 0.6) is 0 Å². The van der Waals surface area contributed by atoms with Crippen molar-refractivity contribution in [3.8, 4) is 0 Å². The molecule has 2 rings (SSSR count). The van der Waals surface area contributed by atoms with Crippen LogP contribution >= 0.6 is 11.6 Å². The highest BCUT2D eigenvalue weighted by molar-refractivity contribution is 7.89. The number of likely N-dealkylation sites (N-methyl/N-ethyl adjacent to an activating group) is 1. The number of aryl methyl sites for hydroxylation is 1. The van der Waals surface area contributed by atoms with Gasteiger partial charge < -0.3 is 9.80 Å². The lowest BCUT2D eigenvalue weighted by molar-refractivity contribution is 0.139. The normalized spacial score (nSPS) is 19.0. The fourth-order valence-electron chi connectivity index (χ4n) is 2.73. The Labute approximate surface area is 144 Å². The molecule has 0 amide bonds. The smallest absolute Gasteiger partial charge is 0.240 e. The summed E-state index contributed by atoms with van der Waals surface area (Å²) in [5, 5.41) is 0.432. The molecule has 0 aliphatic carbocycles. The second kappa shape index (κ2) is 7.94. The molecule has 23 heavy (non-hydrogen) atoms. The first-order valence-electron chi connectivity index (χ1n) is 7.94. The van der Waals surface area contributed by atoms with E-state index in [2.05, 4.69) is 28.5 Å². The van der Waals surface area contributed by atoms with Gasteiger partial charge in [0.2, 0.25) is 10.0 Å². The van der Waals surface area contributed by atoms with Gasteiger partial charge in [0.25, 0.3) is 0 Å². The van der Waals surface area contributed by atoms with E-state index in [0.29, 0.717) is 17.1 Å². The molecule has 5 nitrogen and oxygen atoms in total. The molecule has 1 aliphatic heterocycles. The van der Waals surface area contributed by atoms with Gasteiger partial charge in [0.05, 0.1) is 4.90 Å². The number of piperazine rings is 1. The van der Waals surface area contributed by atoms with Crippen molar-refractivity contribution in [2.75, 3.05) is 46.3 Å². The quantitative estimate of drug-likeness (QED) is 0.841. The van der Waals surface area contributed by atoms with Crippen molar-refractivity contribution in [3.63, 3.8) is 0 Å². The Bertz CT molecular complexity index is 628. The molecule has 1 atom stereocenters. The van der Waals surface area contributed by atoms with Crippen LogP contribution in [0, 0.1) is 12.8 Å². The average Bonchev–Trinajstić information content (AvgIpc) is 2.50. The zero-order valence-electron chi connectivity index (χ0n) is 14.0. The Hall–Kier alpha value is -0.660. The van der Waals surface area contributed by atoms with Crippen molar-refractivity contribution in [3.05, 3.63) is 28.8 Å². The highest BCUT2D eigenvalue weighted by Crippen LogP contribution is 2.20. The molecule has 1 saturated heterocycles. The Morgan fingerprint density at radius 2 is 1.91 bits per heavy atom. The molecule has 1 fully saturated rings. The SMILES string of the molecule is Cc1ccc(Cl)cc1S(=O)(=O)NCC(C)CN1CCN(C)CC1. The molecule has 0 radical (unpaired) electrons. The summed E-state index contributed by atoms with van der Waals surface area (Å²) in [6.45, 7) is 9.41.